The van der Waals surface area contributed by atoms with Crippen LogP contribution in [0.4, 0.5) is 14.9 Å². The Morgan fingerprint density at radius 3 is 2.40 bits per heavy atom. The number of carbonyl (C=O) groups is 4. The number of ether oxygens (including phenoxy) is 2. The number of carbonyl (C=O) groups excluding carboxylic acids is 4. The summed E-state index contributed by atoms with van der Waals surface area (Å²) in [6, 6.07) is 15.0. The van der Waals surface area contributed by atoms with Crippen molar-refractivity contribution in [3.63, 3.8) is 0 Å². The summed E-state index contributed by atoms with van der Waals surface area (Å²) in [5.74, 6) is -2.35. The van der Waals surface area contributed by atoms with Gasteiger partial charge in [-0.25, -0.2) is 18.8 Å². The van der Waals surface area contributed by atoms with Crippen molar-refractivity contribution in [1.29, 1.82) is 0 Å². The van der Waals surface area contributed by atoms with Crippen molar-refractivity contribution < 1.29 is 41.9 Å². The fourth-order valence-corrected chi connectivity index (χ4v) is 7.41. The van der Waals surface area contributed by atoms with Gasteiger partial charge in [-0.05, 0) is 95.5 Å². The van der Waals surface area contributed by atoms with E-state index in [1.54, 1.807) is 49.9 Å². The molecule has 3 atom stereocenters. The monoisotopic (exact) mass is 732 g/mol. The predicted molar refractivity (Wildman–Crippen MR) is 192 cm³/mol. The van der Waals surface area contributed by atoms with Gasteiger partial charge in [0, 0.05) is 35.0 Å². The van der Waals surface area contributed by atoms with Crippen LogP contribution in [0.3, 0.4) is 0 Å². The smallest absolute Gasteiger partial charge is 0.453 e. The largest absolute Gasteiger partial charge is 0.519 e. The quantitative estimate of drug-likeness (QED) is 0.157. The minimum absolute atomic E-state index is 0.104. The van der Waals surface area contributed by atoms with E-state index in [2.05, 4.69) is 15.6 Å². The van der Waals surface area contributed by atoms with Crippen LogP contribution in [0.1, 0.15) is 86.4 Å². The molecule has 13 nitrogen and oxygen atoms in total. The van der Waals surface area contributed by atoms with Crippen LogP contribution in [0.15, 0.2) is 68.2 Å². The van der Waals surface area contributed by atoms with Crippen LogP contribution in [0.2, 0.25) is 0 Å². The van der Waals surface area contributed by atoms with E-state index >= 15 is 0 Å². The first-order valence-corrected chi connectivity index (χ1v) is 17.9. The van der Waals surface area contributed by atoms with Gasteiger partial charge in [-0.1, -0.05) is 30.3 Å². The molecule has 53 heavy (non-hydrogen) atoms. The van der Waals surface area contributed by atoms with Gasteiger partial charge in [-0.3, -0.25) is 9.59 Å². The van der Waals surface area contributed by atoms with E-state index < -0.39 is 42.2 Å². The first-order valence-electron chi connectivity index (χ1n) is 17.9. The molecule has 3 heterocycles. The average Bonchev–Trinajstić information content (AvgIpc) is 3.85. The highest BCUT2D eigenvalue weighted by atomic mass is 19.1. The van der Waals surface area contributed by atoms with Gasteiger partial charge in [0.15, 0.2) is 18.1 Å². The zero-order valence-electron chi connectivity index (χ0n) is 30.2. The lowest BCUT2D eigenvalue weighted by Crippen LogP contribution is -2.49. The average molecular weight is 733 g/mol. The maximum Gasteiger partial charge on any atom is 0.519 e. The van der Waals surface area contributed by atoms with E-state index in [1.165, 1.54) is 6.92 Å². The molecule has 0 bridgehead atoms. The number of rotatable bonds is 10. The SMILES string of the molecule is Cc1oc(=O)oc1COC(=O)c1cc2cc(NC(=O)[C@@H]3[C@@H](c4ccccc4)CCN3C(=O)[C@H]3CC[C@H]([C@@H](CF)NC(=O)OC(C)(C)C)CC3)ccc2[nH]1. The Bertz CT molecular complexity index is 2010. The van der Waals surface area contributed by atoms with E-state index in [0.717, 1.165) is 5.56 Å². The number of likely N-dealkylation sites (tertiary alicyclic amines) is 1. The molecule has 0 spiro atoms. The van der Waals surface area contributed by atoms with E-state index in [9.17, 15) is 28.4 Å². The number of aromatic amines is 1. The Kier molecular flexibility index (Phi) is 11.1. The number of amides is 3. The number of hydrogen-bond acceptors (Lipinski definition) is 9. The molecule has 2 aromatic carbocycles. The molecule has 3 N–H and O–H groups in total. The third kappa shape index (κ3) is 8.81. The molecule has 1 saturated carbocycles. The Morgan fingerprint density at radius 2 is 1.74 bits per heavy atom. The summed E-state index contributed by atoms with van der Waals surface area (Å²) in [7, 11) is 0. The minimum atomic E-state index is -0.879. The third-order valence-corrected chi connectivity index (χ3v) is 10.0. The molecule has 6 rings (SSSR count). The van der Waals surface area contributed by atoms with Crippen molar-refractivity contribution in [1.82, 2.24) is 15.2 Å². The highest BCUT2D eigenvalue weighted by Crippen LogP contribution is 2.39. The van der Waals surface area contributed by atoms with Gasteiger partial charge >= 0.3 is 17.9 Å². The Morgan fingerprint density at radius 1 is 1.00 bits per heavy atom. The molecular formula is C39H45FN4O9. The summed E-state index contributed by atoms with van der Waals surface area (Å²) in [5, 5.41) is 6.32. The number of fused-ring (bicyclic) bond motifs is 1. The van der Waals surface area contributed by atoms with Gasteiger partial charge in [-0.2, -0.15) is 0 Å². The Hall–Kier alpha value is -5.40. The normalized spacial score (nSPS) is 20.9. The highest BCUT2D eigenvalue weighted by Gasteiger charge is 2.45. The molecule has 1 saturated heterocycles. The molecule has 1 aliphatic heterocycles. The number of esters is 1. The van der Waals surface area contributed by atoms with Crippen LogP contribution >= 0.6 is 0 Å². The van der Waals surface area contributed by atoms with E-state index in [-0.39, 0.29) is 53.4 Å². The molecule has 2 fully saturated rings. The van der Waals surface area contributed by atoms with Gasteiger partial charge < -0.3 is 38.8 Å². The Labute approximate surface area is 305 Å². The number of halogens is 1. The molecular weight excluding hydrogens is 687 g/mol. The summed E-state index contributed by atoms with van der Waals surface area (Å²) in [6.07, 6.45) is 2.09. The molecule has 1 aliphatic carbocycles. The van der Waals surface area contributed by atoms with Crippen LogP contribution in [-0.2, 0) is 25.7 Å². The number of H-pyrrole nitrogens is 1. The molecule has 0 radical (unpaired) electrons. The van der Waals surface area contributed by atoms with Crippen molar-refractivity contribution >= 4 is 40.5 Å². The fourth-order valence-electron chi connectivity index (χ4n) is 7.41. The molecule has 2 aromatic heterocycles. The summed E-state index contributed by atoms with van der Waals surface area (Å²) < 4.78 is 34.3. The van der Waals surface area contributed by atoms with Crippen LogP contribution < -0.4 is 16.5 Å². The van der Waals surface area contributed by atoms with Crippen molar-refractivity contribution in [3.8, 4) is 0 Å². The number of nitrogens with one attached hydrogen (secondary N) is 3. The molecule has 14 heteroatoms. The van der Waals surface area contributed by atoms with Crippen LogP contribution in [-0.4, -0.2) is 64.7 Å². The van der Waals surface area contributed by atoms with Gasteiger partial charge in [0.05, 0.1) is 6.04 Å². The second-order valence-corrected chi connectivity index (χ2v) is 14.8. The number of nitrogens with zero attached hydrogens (tertiary/aromatic N) is 1. The number of aryl methyl sites for hydroxylation is 1. The number of hydrogen-bond donors (Lipinski definition) is 3. The van der Waals surface area contributed by atoms with E-state index in [1.807, 2.05) is 30.3 Å². The Balaban J connectivity index is 1.13. The second-order valence-electron chi connectivity index (χ2n) is 14.8. The van der Waals surface area contributed by atoms with Gasteiger partial charge in [0.25, 0.3) is 0 Å². The zero-order chi connectivity index (χ0) is 37.9. The lowest BCUT2D eigenvalue weighted by molar-refractivity contribution is -0.141. The predicted octanol–water partition coefficient (Wildman–Crippen LogP) is 6.37. The second kappa shape index (κ2) is 15.7. The topological polar surface area (TPSA) is 173 Å². The fraction of sp³-hybridized carbons (Fsp3) is 0.462. The lowest BCUT2D eigenvalue weighted by atomic mass is 9.78. The number of alkyl carbamates (subject to hydrolysis) is 1. The maximum atomic E-state index is 14.2. The lowest BCUT2D eigenvalue weighted by Gasteiger charge is -2.36. The number of aromatic nitrogens is 1. The van der Waals surface area contributed by atoms with Gasteiger partial charge in [0.2, 0.25) is 11.8 Å². The standard InChI is InChI=1S/C39H45FN4O9/c1-22-32(52-38(49)51-22)21-50-36(47)30-19-26-18-27(14-15-29(26)42-30)41-34(45)33-28(23-8-6-5-7-9-23)16-17-44(33)35(46)25-12-10-24(11-13-25)31(20-40)43-37(48)53-39(2,3)4/h5-9,14-15,18-19,24-25,28,31,33,42H,10-13,16-17,20-21H2,1-4H3,(H,41,45)(H,43,48)/t24-,25-,28-,31-,33+/m1/s1. The first kappa shape index (κ1) is 37.4. The molecule has 4 aromatic rings. The van der Waals surface area contributed by atoms with E-state index in [0.29, 0.717) is 55.2 Å². The molecule has 2 aliphatic rings. The number of anilines is 1. The van der Waals surface area contributed by atoms with Crippen molar-refractivity contribution in [2.45, 2.75) is 90.0 Å². The molecule has 282 valence electrons. The van der Waals surface area contributed by atoms with Crippen molar-refractivity contribution in [2.24, 2.45) is 11.8 Å². The minimum Gasteiger partial charge on any atom is -0.453 e. The summed E-state index contributed by atoms with van der Waals surface area (Å²) in [5.41, 5.74) is 1.53. The molecule has 3 amide bonds. The van der Waals surface area contributed by atoms with Crippen LogP contribution in [0.5, 0.6) is 0 Å². The van der Waals surface area contributed by atoms with Gasteiger partial charge in [0.1, 0.15) is 24.0 Å². The van der Waals surface area contributed by atoms with Gasteiger partial charge in [-0.15, -0.1) is 0 Å². The zero-order valence-corrected chi connectivity index (χ0v) is 30.2. The third-order valence-electron chi connectivity index (χ3n) is 10.0. The van der Waals surface area contributed by atoms with Crippen LogP contribution in [0.25, 0.3) is 10.9 Å². The number of benzene rings is 2. The molecule has 0 unspecified atom stereocenters. The summed E-state index contributed by atoms with van der Waals surface area (Å²) >= 11 is 0. The van der Waals surface area contributed by atoms with Crippen molar-refractivity contribution in [2.75, 3.05) is 18.5 Å². The number of alkyl halides is 1. The highest BCUT2D eigenvalue weighted by molar-refractivity contribution is 6.01. The maximum absolute atomic E-state index is 14.2. The van der Waals surface area contributed by atoms with Crippen molar-refractivity contribution in [3.05, 3.63) is 88.0 Å². The first-order chi connectivity index (χ1) is 25.3. The van der Waals surface area contributed by atoms with Crippen LogP contribution in [0, 0.1) is 18.8 Å². The summed E-state index contributed by atoms with van der Waals surface area (Å²) in [4.78, 5) is 69.4. The summed E-state index contributed by atoms with van der Waals surface area (Å²) in [6.45, 7) is 6.16. The van der Waals surface area contributed by atoms with E-state index in [4.69, 9.17) is 18.3 Å².